The highest BCUT2D eigenvalue weighted by Crippen LogP contribution is 2.20. The van der Waals surface area contributed by atoms with E-state index >= 15 is 0 Å². The van der Waals surface area contributed by atoms with E-state index in [9.17, 15) is 9.18 Å². The van der Waals surface area contributed by atoms with E-state index < -0.39 is 11.8 Å². The summed E-state index contributed by atoms with van der Waals surface area (Å²) in [5, 5.41) is 11.9. The highest BCUT2D eigenvalue weighted by Gasteiger charge is 2.18. The van der Waals surface area contributed by atoms with Gasteiger partial charge in [-0.3, -0.25) is 0 Å². The number of carboxylic acid groups (broad SMARTS) is 1. The molecule has 1 aromatic carbocycles. The molecule has 1 heterocycles. The number of carbonyl (C=O) groups is 1. The summed E-state index contributed by atoms with van der Waals surface area (Å²) in [6.07, 6.45) is 3.20. The van der Waals surface area contributed by atoms with Crippen LogP contribution >= 0.6 is 0 Å². The fourth-order valence-electron chi connectivity index (χ4n) is 2.08. The number of aromatic carboxylic acids is 1. The van der Waals surface area contributed by atoms with Gasteiger partial charge < -0.3 is 15.2 Å². The van der Waals surface area contributed by atoms with Crippen molar-refractivity contribution >= 4 is 11.7 Å². The maximum absolute atomic E-state index is 13.4. The van der Waals surface area contributed by atoms with E-state index in [1.54, 1.807) is 6.07 Å². The van der Waals surface area contributed by atoms with Crippen LogP contribution in [0.4, 0.5) is 10.1 Å². The third-order valence-electron chi connectivity index (χ3n) is 3.02. The fraction of sp³-hybridized carbons (Fsp3) is 0.462. The van der Waals surface area contributed by atoms with Crippen LogP contribution in [0.25, 0.3) is 0 Å². The molecule has 4 nitrogen and oxygen atoms in total. The first-order valence-electron chi connectivity index (χ1n) is 6.06. The van der Waals surface area contributed by atoms with Gasteiger partial charge in [-0.2, -0.15) is 0 Å². The molecule has 2 N–H and O–H groups in total. The lowest BCUT2D eigenvalue weighted by Crippen LogP contribution is -2.27. The third-order valence-corrected chi connectivity index (χ3v) is 3.02. The Hall–Kier alpha value is -1.62. The first-order valence-corrected chi connectivity index (χ1v) is 6.06. The molecule has 0 amide bonds. The van der Waals surface area contributed by atoms with Crippen LogP contribution in [0.1, 0.15) is 29.6 Å². The Balaban J connectivity index is 2.04. The molecule has 1 aliphatic rings. The van der Waals surface area contributed by atoms with E-state index in [1.165, 1.54) is 6.07 Å². The van der Waals surface area contributed by atoms with Gasteiger partial charge in [-0.05, 0) is 31.4 Å². The number of hydrogen-bond donors (Lipinski definition) is 2. The molecule has 1 unspecified atom stereocenters. The van der Waals surface area contributed by atoms with Crippen molar-refractivity contribution in [1.82, 2.24) is 0 Å². The third kappa shape index (κ3) is 2.98. The van der Waals surface area contributed by atoms with Crippen LogP contribution in [0, 0.1) is 5.82 Å². The summed E-state index contributed by atoms with van der Waals surface area (Å²) in [7, 11) is 0. The van der Waals surface area contributed by atoms with Gasteiger partial charge in [0.25, 0.3) is 0 Å². The number of halogens is 1. The minimum Gasteiger partial charge on any atom is -0.478 e. The predicted molar refractivity (Wildman–Crippen MR) is 65.4 cm³/mol. The van der Waals surface area contributed by atoms with Gasteiger partial charge in [-0.1, -0.05) is 6.07 Å². The van der Waals surface area contributed by atoms with Gasteiger partial charge in [0, 0.05) is 13.2 Å². The normalized spacial score (nSPS) is 19.5. The molecular weight excluding hydrogens is 237 g/mol. The van der Waals surface area contributed by atoms with Crippen LogP contribution in [0.5, 0.6) is 0 Å². The van der Waals surface area contributed by atoms with Crippen molar-refractivity contribution in [3.05, 3.63) is 29.6 Å². The largest absolute Gasteiger partial charge is 0.478 e. The van der Waals surface area contributed by atoms with Gasteiger partial charge >= 0.3 is 5.97 Å². The molecule has 5 heteroatoms. The maximum Gasteiger partial charge on any atom is 0.340 e. The summed E-state index contributed by atoms with van der Waals surface area (Å²) in [5.41, 5.74) is -0.00928. The molecule has 0 spiro atoms. The molecule has 0 radical (unpaired) electrons. The Kier molecular flexibility index (Phi) is 4.15. The minimum absolute atomic E-state index is 0.0728. The summed E-state index contributed by atoms with van der Waals surface area (Å²) >= 11 is 0. The maximum atomic E-state index is 13.4. The van der Waals surface area contributed by atoms with E-state index in [-0.39, 0.29) is 11.7 Å². The van der Waals surface area contributed by atoms with Gasteiger partial charge in [0.05, 0.1) is 11.8 Å². The van der Waals surface area contributed by atoms with Crippen molar-refractivity contribution in [2.24, 2.45) is 0 Å². The van der Waals surface area contributed by atoms with E-state index in [2.05, 4.69) is 5.32 Å². The van der Waals surface area contributed by atoms with E-state index in [0.29, 0.717) is 12.2 Å². The molecule has 18 heavy (non-hydrogen) atoms. The van der Waals surface area contributed by atoms with Gasteiger partial charge in [0.2, 0.25) is 0 Å². The van der Waals surface area contributed by atoms with Crippen LogP contribution in [0.3, 0.4) is 0 Å². The average Bonchev–Trinajstić information content (AvgIpc) is 2.37. The summed E-state index contributed by atoms with van der Waals surface area (Å²) in [5.74, 6) is -1.99. The lowest BCUT2D eigenvalue weighted by atomic mass is 10.1. The Bertz CT molecular complexity index is 430. The van der Waals surface area contributed by atoms with Gasteiger partial charge in [0.15, 0.2) is 0 Å². The smallest absolute Gasteiger partial charge is 0.340 e. The van der Waals surface area contributed by atoms with Gasteiger partial charge in [-0.15, -0.1) is 0 Å². The number of nitrogens with one attached hydrogen (secondary N) is 1. The summed E-state index contributed by atoms with van der Waals surface area (Å²) < 4.78 is 18.9. The Morgan fingerprint density at radius 2 is 2.33 bits per heavy atom. The highest BCUT2D eigenvalue weighted by molar-refractivity contribution is 5.94. The van der Waals surface area contributed by atoms with Crippen molar-refractivity contribution in [3.63, 3.8) is 0 Å². The van der Waals surface area contributed by atoms with Crippen molar-refractivity contribution in [3.8, 4) is 0 Å². The number of benzene rings is 1. The molecule has 1 aromatic rings. The second kappa shape index (κ2) is 5.82. The second-order valence-corrected chi connectivity index (χ2v) is 4.34. The Labute approximate surface area is 105 Å². The lowest BCUT2D eigenvalue weighted by Gasteiger charge is -2.23. The first kappa shape index (κ1) is 12.8. The number of rotatable bonds is 4. The Morgan fingerprint density at radius 1 is 1.50 bits per heavy atom. The summed E-state index contributed by atoms with van der Waals surface area (Å²) in [4.78, 5) is 11.0. The molecule has 1 atom stereocenters. The van der Waals surface area contributed by atoms with Crippen molar-refractivity contribution in [2.45, 2.75) is 25.4 Å². The number of hydrogen-bond acceptors (Lipinski definition) is 3. The van der Waals surface area contributed by atoms with Gasteiger partial charge in [0.1, 0.15) is 11.4 Å². The van der Waals surface area contributed by atoms with Gasteiger partial charge in [-0.25, -0.2) is 9.18 Å². The molecule has 0 saturated carbocycles. The quantitative estimate of drug-likeness (QED) is 0.865. The molecule has 0 aliphatic carbocycles. The van der Waals surface area contributed by atoms with E-state index in [4.69, 9.17) is 9.84 Å². The molecule has 2 rings (SSSR count). The molecule has 98 valence electrons. The van der Waals surface area contributed by atoms with Crippen molar-refractivity contribution in [1.29, 1.82) is 0 Å². The number of carboxylic acids is 1. The topological polar surface area (TPSA) is 58.6 Å². The molecule has 1 aliphatic heterocycles. The zero-order chi connectivity index (χ0) is 13.0. The van der Waals surface area contributed by atoms with E-state index in [0.717, 1.165) is 31.9 Å². The monoisotopic (exact) mass is 253 g/mol. The van der Waals surface area contributed by atoms with Crippen LogP contribution < -0.4 is 5.32 Å². The predicted octanol–water partition coefficient (Wildman–Crippen LogP) is 2.50. The molecule has 1 fully saturated rings. The van der Waals surface area contributed by atoms with Crippen LogP contribution in [-0.2, 0) is 4.74 Å². The standard InChI is InChI=1S/C13H16FNO3/c14-10-5-3-6-11(12(10)13(16)17)15-8-9-4-1-2-7-18-9/h3,5-6,9,15H,1-2,4,7-8H2,(H,16,17). The summed E-state index contributed by atoms with van der Waals surface area (Å²) in [6.45, 7) is 1.24. The second-order valence-electron chi connectivity index (χ2n) is 4.34. The molecule has 1 saturated heterocycles. The average molecular weight is 253 g/mol. The molecule has 0 bridgehead atoms. The molecule has 0 aromatic heterocycles. The number of anilines is 1. The Morgan fingerprint density at radius 3 is 3.00 bits per heavy atom. The zero-order valence-corrected chi connectivity index (χ0v) is 9.99. The van der Waals surface area contributed by atoms with Crippen molar-refractivity contribution in [2.75, 3.05) is 18.5 Å². The zero-order valence-electron chi connectivity index (χ0n) is 9.99. The first-order chi connectivity index (χ1) is 8.68. The van der Waals surface area contributed by atoms with Crippen LogP contribution in [0.2, 0.25) is 0 Å². The molecular formula is C13H16FNO3. The van der Waals surface area contributed by atoms with Crippen LogP contribution in [0.15, 0.2) is 18.2 Å². The fourth-order valence-corrected chi connectivity index (χ4v) is 2.08. The SMILES string of the molecule is O=C(O)c1c(F)cccc1NCC1CCCCO1. The number of ether oxygens (including phenoxy) is 1. The minimum atomic E-state index is -1.26. The van der Waals surface area contributed by atoms with Crippen molar-refractivity contribution < 1.29 is 19.0 Å². The summed E-state index contributed by atoms with van der Waals surface area (Å²) in [6, 6.07) is 4.20. The highest BCUT2D eigenvalue weighted by atomic mass is 19.1. The van der Waals surface area contributed by atoms with Crippen LogP contribution in [-0.4, -0.2) is 30.3 Å². The van der Waals surface area contributed by atoms with E-state index in [1.807, 2.05) is 0 Å². The lowest BCUT2D eigenvalue weighted by molar-refractivity contribution is 0.0247.